The molecular weight excluding hydrogens is 515 g/mol. The first-order valence-electron chi connectivity index (χ1n) is 10.6. The molecule has 0 aliphatic rings. The molecule has 3 aromatic rings. The number of rotatable bonds is 10. The number of benzene rings is 2. The van der Waals surface area contributed by atoms with Gasteiger partial charge in [-0.15, -0.1) is 24.0 Å². The summed E-state index contributed by atoms with van der Waals surface area (Å²) < 4.78 is 5.78. The van der Waals surface area contributed by atoms with Crippen LogP contribution >= 0.6 is 24.0 Å². The number of halogens is 1. The van der Waals surface area contributed by atoms with Gasteiger partial charge < -0.3 is 20.5 Å². The molecule has 1 heterocycles. The summed E-state index contributed by atoms with van der Waals surface area (Å²) in [4.78, 5) is 8.90. The molecule has 6 nitrogen and oxygen atoms in total. The highest BCUT2D eigenvalue weighted by molar-refractivity contribution is 14.0. The highest BCUT2D eigenvalue weighted by Crippen LogP contribution is 2.15. The molecule has 2 aromatic carbocycles. The van der Waals surface area contributed by atoms with Crippen LogP contribution in [0.5, 0.6) is 5.75 Å². The van der Waals surface area contributed by atoms with Gasteiger partial charge in [0.05, 0.1) is 18.3 Å². The van der Waals surface area contributed by atoms with Gasteiger partial charge in [0, 0.05) is 19.3 Å². The number of ether oxygens (including phenoxy) is 1. The predicted octanol–water partition coefficient (Wildman–Crippen LogP) is 4.46. The monoisotopic (exact) mass is 546 g/mol. The van der Waals surface area contributed by atoms with Crippen LogP contribution in [-0.4, -0.2) is 29.1 Å². The number of hydrogen-bond donors (Lipinski definition) is 3. The molecule has 0 saturated carbocycles. The lowest BCUT2D eigenvalue weighted by molar-refractivity contribution is 0.168. The Labute approximate surface area is 207 Å². The van der Waals surface area contributed by atoms with Crippen LogP contribution in [0.1, 0.15) is 36.3 Å². The van der Waals surface area contributed by atoms with Crippen LogP contribution in [0.2, 0.25) is 0 Å². The fourth-order valence-electron chi connectivity index (χ4n) is 3.01. The summed E-state index contributed by atoms with van der Waals surface area (Å²) in [5, 5.41) is 16.8. The molecule has 0 spiro atoms. The fraction of sp³-hybridized carbons (Fsp3) is 0.280. The minimum atomic E-state index is -0.491. The van der Waals surface area contributed by atoms with Crippen molar-refractivity contribution in [3.05, 3.63) is 95.8 Å². The van der Waals surface area contributed by atoms with Crippen LogP contribution in [0.4, 0.5) is 0 Å². The Kier molecular flexibility index (Phi) is 11.5. The molecule has 3 N–H and O–H groups in total. The molecule has 0 bridgehead atoms. The lowest BCUT2D eigenvalue weighted by Gasteiger charge is -2.14. The largest absolute Gasteiger partial charge is 0.487 e. The number of aliphatic imine (C=N–C) groups is 1. The SMILES string of the molecule is CCNC(=NCc1ccc(OCc2ccccn2)cc1)NCCC(O)c1ccccc1.I. The molecule has 32 heavy (non-hydrogen) atoms. The van der Waals surface area contributed by atoms with Crippen LogP contribution in [-0.2, 0) is 13.2 Å². The number of hydrogen-bond acceptors (Lipinski definition) is 4. The zero-order valence-electron chi connectivity index (χ0n) is 18.3. The predicted molar refractivity (Wildman–Crippen MR) is 139 cm³/mol. The Bertz CT molecular complexity index is 922. The smallest absolute Gasteiger partial charge is 0.191 e. The van der Waals surface area contributed by atoms with Crippen LogP contribution < -0.4 is 15.4 Å². The zero-order valence-corrected chi connectivity index (χ0v) is 20.6. The van der Waals surface area contributed by atoms with Crippen molar-refractivity contribution < 1.29 is 9.84 Å². The minimum Gasteiger partial charge on any atom is -0.487 e. The van der Waals surface area contributed by atoms with E-state index >= 15 is 0 Å². The summed E-state index contributed by atoms with van der Waals surface area (Å²) in [6, 6.07) is 23.4. The summed E-state index contributed by atoms with van der Waals surface area (Å²) in [5.41, 5.74) is 2.92. The van der Waals surface area contributed by atoms with E-state index in [0.717, 1.165) is 35.1 Å². The summed E-state index contributed by atoms with van der Waals surface area (Å²) in [5.74, 6) is 1.54. The molecule has 7 heteroatoms. The van der Waals surface area contributed by atoms with Crippen molar-refractivity contribution in [2.24, 2.45) is 4.99 Å². The Hall–Kier alpha value is -2.65. The quantitative estimate of drug-likeness (QED) is 0.199. The number of aliphatic hydroxyl groups excluding tert-OH is 1. The summed E-state index contributed by atoms with van der Waals surface area (Å²) in [6.07, 6.45) is 1.88. The van der Waals surface area contributed by atoms with Crippen molar-refractivity contribution in [2.45, 2.75) is 32.6 Å². The molecule has 1 atom stereocenters. The van der Waals surface area contributed by atoms with Crippen molar-refractivity contribution in [3.8, 4) is 5.75 Å². The Morgan fingerprint density at radius 2 is 1.75 bits per heavy atom. The maximum Gasteiger partial charge on any atom is 0.191 e. The molecule has 0 amide bonds. The number of aliphatic hydroxyl groups is 1. The van der Waals surface area contributed by atoms with Gasteiger partial charge in [0.25, 0.3) is 0 Å². The third kappa shape index (κ3) is 8.84. The van der Waals surface area contributed by atoms with Crippen LogP contribution in [0, 0.1) is 0 Å². The van der Waals surface area contributed by atoms with E-state index in [4.69, 9.17) is 4.74 Å². The Balaban J connectivity index is 0.00000363. The van der Waals surface area contributed by atoms with Gasteiger partial charge in [-0.1, -0.05) is 48.5 Å². The summed E-state index contributed by atoms with van der Waals surface area (Å²) >= 11 is 0. The van der Waals surface area contributed by atoms with Crippen molar-refractivity contribution in [2.75, 3.05) is 13.1 Å². The molecule has 0 aliphatic heterocycles. The first-order chi connectivity index (χ1) is 15.2. The topological polar surface area (TPSA) is 78.8 Å². The van der Waals surface area contributed by atoms with Crippen molar-refractivity contribution in [3.63, 3.8) is 0 Å². The standard InChI is InChI=1S/C25H30N4O2.HI/c1-2-26-25(28-17-15-24(30)21-8-4-3-5-9-21)29-18-20-11-13-23(14-12-20)31-19-22-10-6-7-16-27-22;/h3-14,16,24,30H,2,15,17-19H2,1H3,(H2,26,28,29);1H. The number of nitrogens with one attached hydrogen (secondary N) is 2. The van der Waals surface area contributed by atoms with E-state index < -0.39 is 6.10 Å². The molecule has 1 unspecified atom stereocenters. The lowest BCUT2D eigenvalue weighted by Crippen LogP contribution is -2.38. The van der Waals surface area contributed by atoms with Gasteiger partial charge in [-0.2, -0.15) is 0 Å². The maximum absolute atomic E-state index is 10.3. The first-order valence-corrected chi connectivity index (χ1v) is 10.6. The van der Waals surface area contributed by atoms with E-state index in [9.17, 15) is 5.11 Å². The van der Waals surface area contributed by atoms with E-state index in [2.05, 4.69) is 20.6 Å². The number of aromatic nitrogens is 1. The van der Waals surface area contributed by atoms with Gasteiger partial charge in [0.15, 0.2) is 5.96 Å². The highest BCUT2D eigenvalue weighted by Gasteiger charge is 2.07. The fourth-order valence-corrected chi connectivity index (χ4v) is 3.01. The molecule has 0 aliphatic carbocycles. The van der Waals surface area contributed by atoms with Crippen molar-refractivity contribution in [1.29, 1.82) is 0 Å². The minimum absolute atomic E-state index is 0. The van der Waals surface area contributed by atoms with Crippen LogP contribution in [0.3, 0.4) is 0 Å². The number of nitrogens with zero attached hydrogens (tertiary/aromatic N) is 2. The van der Waals surface area contributed by atoms with E-state index in [-0.39, 0.29) is 24.0 Å². The van der Waals surface area contributed by atoms with Gasteiger partial charge in [-0.25, -0.2) is 4.99 Å². The second-order valence-electron chi connectivity index (χ2n) is 7.09. The van der Waals surface area contributed by atoms with Gasteiger partial charge in [-0.05, 0) is 48.7 Å². The summed E-state index contributed by atoms with van der Waals surface area (Å²) in [6.45, 7) is 4.43. The van der Waals surface area contributed by atoms with Gasteiger partial charge in [0.2, 0.25) is 0 Å². The van der Waals surface area contributed by atoms with E-state index in [1.54, 1.807) is 6.20 Å². The molecule has 0 radical (unpaired) electrons. The summed E-state index contributed by atoms with van der Waals surface area (Å²) in [7, 11) is 0. The third-order valence-electron chi connectivity index (χ3n) is 4.69. The van der Waals surface area contributed by atoms with E-state index in [1.807, 2.05) is 79.7 Å². The Morgan fingerprint density at radius 1 is 1.00 bits per heavy atom. The average Bonchev–Trinajstić information content (AvgIpc) is 2.83. The third-order valence-corrected chi connectivity index (χ3v) is 4.69. The first kappa shape index (κ1) is 25.6. The van der Waals surface area contributed by atoms with E-state index in [1.165, 1.54) is 0 Å². The van der Waals surface area contributed by atoms with Crippen molar-refractivity contribution >= 4 is 29.9 Å². The molecule has 0 fully saturated rings. The lowest BCUT2D eigenvalue weighted by atomic mass is 10.1. The van der Waals surface area contributed by atoms with Gasteiger partial charge in [0.1, 0.15) is 12.4 Å². The van der Waals surface area contributed by atoms with Gasteiger partial charge >= 0.3 is 0 Å². The van der Waals surface area contributed by atoms with Crippen molar-refractivity contribution in [1.82, 2.24) is 15.6 Å². The van der Waals surface area contributed by atoms with Crippen LogP contribution in [0.15, 0.2) is 84.0 Å². The molecule has 3 rings (SSSR count). The number of guanidine groups is 1. The normalized spacial score (nSPS) is 11.9. The highest BCUT2D eigenvalue weighted by atomic mass is 127. The number of pyridine rings is 1. The zero-order chi connectivity index (χ0) is 21.7. The molecule has 170 valence electrons. The molecule has 0 saturated heterocycles. The Morgan fingerprint density at radius 3 is 2.44 bits per heavy atom. The van der Waals surface area contributed by atoms with Gasteiger partial charge in [-0.3, -0.25) is 4.98 Å². The molecular formula is C25H31IN4O2. The molecule has 1 aromatic heterocycles. The van der Waals surface area contributed by atoms with Crippen LogP contribution in [0.25, 0.3) is 0 Å². The van der Waals surface area contributed by atoms with E-state index in [0.29, 0.717) is 26.1 Å². The maximum atomic E-state index is 10.3. The second kappa shape index (κ2) is 14.4. The average molecular weight is 546 g/mol. The second-order valence-corrected chi connectivity index (χ2v) is 7.09.